The molecule has 1 aromatic rings. The van der Waals surface area contributed by atoms with E-state index in [1.807, 2.05) is 11.1 Å². The van der Waals surface area contributed by atoms with E-state index in [1.54, 1.807) is 6.92 Å². The molecule has 0 aromatic carbocycles. The second-order valence-electron chi connectivity index (χ2n) is 5.48. The number of hydrogen-bond acceptors (Lipinski definition) is 3. The van der Waals surface area contributed by atoms with Crippen LogP contribution in [-0.2, 0) is 11.3 Å². The van der Waals surface area contributed by atoms with E-state index in [-0.39, 0.29) is 5.91 Å². The third-order valence-electron chi connectivity index (χ3n) is 3.74. The summed E-state index contributed by atoms with van der Waals surface area (Å²) in [5.74, 6) is 1.81. The summed E-state index contributed by atoms with van der Waals surface area (Å²) in [6.45, 7) is 11.7. The van der Waals surface area contributed by atoms with Crippen molar-refractivity contribution in [2.75, 3.05) is 32.7 Å². The molecule has 0 spiro atoms. The van der Waals surface area contributed by atoms with Gasteiger partial charge in [0.2, 0.25) is 5.91 Å². The van der Waals surface area contributed by atoms with E-state index in [0.717, 1.165) is 45.1 Å². The van der Waals surface area contributed by atoms with Crippen LogP contribution < -0.4 is 0 Å². The first-order chi connectivity index (χ1) is 9.08. The lowest BCUT2D eigenvalue weighted by molar-refractivity contribution is -0.130. The van der Waals surface area contributed by atoms with Crippen LogP contribution in [0.2, 0.25) is 0 Å². The molecular formula is C14H24N4O. The highest BCUT2D eigenvalue weighted by Crippen LogP contribution is 2.12. The van der Waals surface area contributed by atoms with Gasteiger partial charge in [0.05, 0.1) is 0 Å². The average Bonchev–Trinajstić information content (AvgIpc) is 2.85. The Kier molecular flexibility index (Phi) is 4.58. The van der Waals surface area contributed by atoms with Crippen LogP contribution in [0.4, 0.5) is 0 Å². The van der Waals surface area contributed by atoms with E-state index >= 15 is 0 Å². The largest absolute Gasteiger partial charge is 0.340 e. The number of rotatable bonds is 4. The second kappa shape index (κ2) is 6.19. The molecule has 19 heavy (non-hydrogen) atoms. The predicted octanol–water partition coefficient (Wildman–Crippen LogP) is 1.17. The third kappa shape index (κ3) is 3.56. The van der Waals surface area contributed by atoms with Crippen molar-refractivity contribution in [3.63, 3.8) is 0 Å². The third-order valence-corrected chi connectivity index (χ3v) is 3.74. The molecule has 2 heterocycles. The lowest BCUT2D eigenvalue weighted by atomic mass is 10.2. The topological polar surface area (TPSA) is 41.4 Å². The number of hydrogen-bond donors (Lipinski definition) is 0. The smallest absolute Gasteiger partial charge is 0.219 e. The van der Waals surface area contributed by atoms with Gasteiger partial charge >= 0.3 is 0 Å². The SMILES string of the molecule is CC(=O)N1CCN(CCn2ccnc2C(C)C)CC1. The van der Waals surface area contributed by atoms with Crippen molar-refractivity contribution in [3.8, 4) is 0 Å². The van der Waals surface area contributed by atoms with E-state index < -0.39 is 0 Å². The molecule has 1 amide bonds. The van der Waals surface area contributed by atoms with Gasteiger partial charge in [0, 0.05) is 64.5 Å². The van der Waals surface area contributed by atoms with Crippen LogP contribution in [0.3, 0.4) is 0 Å². The fourth-order valence-electron chi connectivity index (χ4n) is 2.55. The molecule has 0 atom stereocenters. The Hall–Kier alpha value is -1.36. The number of imidazole rings is 1. The Morgan fingerprint density at radius 2 is 1.95 bits per heavy atom. The van der Waals surface area contributed by atoms with Gasteiger partial charge in [-0.15, -0.1) is 0 Å². The fraction of sp³-hybridized carbons (Fsp3) is 0.714. The van der Waals surface area contributed by atoms with Gasteiger partial charge < -0.3 is 9.47 Å². The standard InChI is InChI=1S/C14H24N4O/c1-12(2)14-15-4-5-18(14)11-8-16-6-9-17(10-7-16)13(3)19/h4-5,12H,6-11H2,1-3H3. The molecule has 5 heteroatoms. The highest BCUT2D eigenvalue weighted by Gasteiger charge is 2.18. The monoisotopic (exact) mass is 264 g/mol. The number of carbonyl (C=O) groups excluding carboxylic acids is 1. The Bertz CT molecular complexity index is 419. The highest BCUT2D eigenvalue weighted by atomic mass is 16.2. The molecule has 5 nitrogen and oxygen atoms in total. The molecule has 0 aliphatic carbocycles. The molecule has 0 saturated carbocycles. The Labute approximate surface area is 115 Å². The maximum atomic E-state index is 11.3. The molecule has 1 saturated heterocycles. The summed E-state index contributed by atoms with van der Waals surface area (Å²) in [6.07, 6.45) is 3.93. The van der Waals surface area contributed by atoms with Crippen LogP contribution in [0.5, 0.6) is 0 Å². The van der Waals surface area contributed by atoms with E-state index in [2.05, 4.69) is 34.5 Å². The van der Waals surface area contributed by atoms with E-state index in [9.17, 15) is 4.79 Å². The summed E-state index contributed by atoms with van der Waals surface area (Å²) < 4.78 is 2.24. The van der Waals surface area contributed by atoms with Crippen LogP contribution in [0.1, 0.15) is 32.5 Å². The van der Waals surface area contributed by atoms with E-state index in [1.165, 1.54) is 0 Å². The summed E-state index contributed by atoms with van der Waals surface area (Å²) in [4.78, 5) is 20.0. The van der Waals surface area contributed by atoms with Crippen molar-refractivity contribution in [1.29, 1.82) is 0 Å². The normalized spacial score (nSPS) is 17.2. The molecule has 1 fully saturated rings. The van der Waals surface area contributed by atoms with Crippen molar-refractivity contribution in [1.82, 2.24) is 19.4 Å². The number of amides is 1. The second-order valence-corrected chi connectivity index (χ2v) is 5.48. The highest BCUT2D eigenvalue weighted by molar-refractivity contribution is 5.73. The van der Waals surface area contributed by atoms with Crippen molar-refractivity contribution < 1.29 is 4.79 Å². The lowest BCUT2D eigenvalue weighted by Gasteiger charge is -2.34. The van der Waals surface area contributed by atoms with Gasteiger partial charge in [-0.3, -0.25) is 9.69 Å². The number of aromatic nitrogens is 2. The molecule has 0 unspecified atom stereocenters. The number of carbonyl (C=O) groups is 1. The zero-order chi connectivity index (χ0) is 13.8. The minimum atomic E-state index is 0.191. The number of piperazine rings is 1. The zero-order valence-corrected chi connectivity index (χ0v) is 12.2. The lowest BCUT2D eigenvalue weighted by Crippen LogP contribution is -2.48. The molecule has 0 radical (unpaired) electrons. The van der Waals surface area contributed by atoms with Crippen molar-refractivity contribution in [3.05, 3.63) is 18.2 Å². The molecule has 1 aromatic heterocycles. The predicted molar refractivity (Wildman–Crippen MR) is 75.0 cm³/mol. The maximum Gasteiger partial charge on any atom is 0.219 e. The first-order valence-corrected chi connectivity index (χ1v) is 7.07. The summed E-state index contributed by atoms with van der Waals surface area (Å²) in [5.41, 5.74) is 0. The van der Waals surface area contributed by atoms with Crippen LogP contribution >= 0.6 is 0 Å². The summed E-state index contributed by atoms with van der Waals surface area (Å²) in [6, 6.07) is 0. The van der Waals surface area contributed by atoms with Gasteiger partial charge in [0.15, 0.2) is 0 Å². The molecule has 1 aliphatic heterocycles. The first kappa shape index (κ1) is 14.1. The van der Waals surface area contributed by atoms with Gasteiger partial charge in [-0.05, 0) is 0 Å². The van der Waals surface area contributed by atoms with Gasteiger partial charge in [-0.1, -0.05) is 13.8 Å². The van der Waals surface area contributed by atoms with Gasteiger partial charge in [0.25, 0.3) is 0 Å². The molecule has 0 N–H and O–H groups in total. The van der Waals surface area contributed by atoms with Crippen LogP contribution in [0.15, 0.2) is 12.4 Å². The zero-order valence-electron chi connectivity index (χ0n) is 12.2. The minimum absolute atomic E-state index is 0.191. The van der Waals surface area contributed by atoms with Crippen molar-refractivity contribution in [2.24, 2.45) is 0 Å². The van der Waals surface area contributed by atoms with Crippen LogP contribution in [0.25, 0.3) is 0 Å². The molecule has 2 rings (SSSR count). The summed E-state index contributed by atoms with van der Waals surface area (Å²) in [7, 11) is 0. The maximum absolute atomic E-state index is 11.3. The molecule has 106 valence electrons. The van der Waals surface area contributed by atoms with Gasteiger partial charge in [0.1, 0.15) is 5.82 Å². The van der Waals surface area contributed by atoms with Crippen LogP contribution in [0, 0.1) is 0 Å². The molecule has 0 bridgehead atoms. The quantitative estimate of drug-likeness (QED) is 0.820. The first-order valence-electron chi connectivity index (χ1n) is 7.07. The van der Waals surface area contributed by atoms with Crippen LogP contribution in [-0.4, -0.2) is 58.0 Å². The Morgan fingerprint density at radius 3 is 2.53 bits per heavy atom. The van der Waals surface area contributed by atoms with Gasteiger partial charge in [-0.2, -0.15) is 0 Å². The minimum Gasteiger partial charge on any atom is -0.340 e. The number of nitrogens with zero attached hydrogens (tertiary/aromatic N) is 4. The Morgan fingerprint density at radius 1 is 1.26 bits per heavy atom. The Balaban J connectivity index is 1.80. The fourth-order valence-corrected chi connectivity index (χ4v) is 2.55. The summed E-state index contributed by atoms with van der Waals surface area (Å²) in [5, 5.41) is 0. The van der Waals surface area contributed by atoms with E-state index in [4.69, 9.17) is 0 Å². The van der Waals surface area contributed by atoms with Gasteiger partial charge in [-0.25, -0.2) is 4.98 Å². The van der Waals surface area contributed by atoms with Crippen molar-refractivity contribution in [2.45, 2.75) is 33.2 Å². The summed E-state index contributed by atoms with van der Waals surface area (Å²) >= 11 is 0. The molecule has 1 aliphatic rings. The molecular weight excluding hydrogens is 240 g/mol. The average molecular weight is 264 g/mol. The van der Waals surface area contributed by atoms with E-state index in [0.29, 0.717) is 5.92 Å². The van der Waals surface area contributed by atoms with Crippen molar-refractivity contribution >= 4 is 5.91 Å².